The van der Waals surface area contributed by atoms with Crippen LogP contribution in [-0.2, 0) is 4.12 Å². The Balaban J connectivity index is 1.36. The fraction of sp³-hybridized carbons (Fsp3) is 0.278. The molecule has 4 rings (SSSR count). The van der Waals surface area contributed by atoms with Crippen molar-refractivity contribution in [2.45, 2.75) is 51.1 Å². The highest BCUT2D eigenvalue weighted by atomic mass is 28.4. The molecule has 0 aliphatic heterocycles. The molecule has 4 N–H and O–H groups in total. The molecule has 9 heteroatoms. The van der Waals surface area contributed by atoms with Gasteiger partial charge in [-0.1, -0.05) is 60.7 Å². The molecule has 0 radical (unpaired) electrons. The van der Waals surface area contributed by atoms with Gasteiger partial charge in [0.25, 0.3) is 0 Å². The van der Waals surface area contributed by atoms with Gasteiger partial charge < -0.3 is 24.5 Å². The van der Waals surface area contributed by atoms with Gasteiger partial charge in [0.1, 0.15) is 23.0 Å². The van der Waals surface area contributed by atoms with E-state index in [1.54, 1.807) is 24.3 Å². The van der Waals surface area contributed by atoms with Crippen molar-refractivity contribution in [2.24, 2.45) is 9.98 Å². The van der Waals surface area contributed by atoms with Crippen molar-refractivity contribution in [3.63, 3.8) is 0 Å². The summed E-state index contributed by atoms with van der Waals surface area (Å²) in [6.45, 7) is 10.3. The van der Waals surface area contributed by atoms with Gasteiger partial charge in [-0.25, -0.2) is 0 Å². The number of hydrogen-bond donors (Lipinski definition) is 4. The number of nitrogens with zero attached hydrogens (tertiary/aromatic N) is 2. The Morgan fingerprint density at radius 2 is 0.933 bits per heavy atom. The zero-order valence-corrected chi connectivity index (χ0v) is 28.6. The molecule has 236 valence electrons. The highest BCUT2D eigenvalue weighted by Gasteiger charge is 2.32. The number of aliphatic imine (C=N–C) groups is 2. The van der Waals surface area contributed by atoms with Crippen molar-refractivity contribution in [3.05, 3.63) is 119 Å². The van der Waals surface area contributed by atoms with Gasteiger partial charge in [0.15, 0.2) is 16.6 Å². The predicted octanol–water partition coefficient (Wildman–Crippen LogP) is 8.09. The quantitative estimate of drug-likeness (QED) is 0.0632. The zero-order valence-electron chi connectivity index (χ0n) is 26.6. The number of phenolic OH excluding ortho intramolecular Hbond substituents is 4. The Morgan fingerprint density at radius 3 is 1.29 bits per heavy atom. The minimum atomic E-state index is -1.97. The second kappa shape index (κ2) is 15.2. The van der Waals surface area contributed by atoms with Crippen molar-refractivity contribution in [1.82, 2.24) is 0 Å². The Hall–Kier alpha value is -4.19. The Kier molecular flexibility index (Phi) is 11.4. The molecule has 0 atom stereocenters. The second-order valence-corrected chi connectivity index (χ2v) is 21.3. The van der Waals surface area contributed by atoms with Crippen molar-refractivity contribution in [1.29, 1.82) is 0 Å². The summed E-state index contributed by atoms with van der Waals surface area (Å²) >= 11 is 0. The first-order valence-corrected chi connectivity index (χ1v) is 21.6. The number of benzene rings is 4. The molecule has 0 fully saturated rings. The fourth-order valence-corrected chi connectivity index (χ4v) is 14.4. The molecule has 0 unspecified atom stereocenters. The molecule has 0 saturated carbocycles. The molecule has 0 aromatic heterocycles. The lowest BCUT2D eigenvalue weighted by Gasteiger charge is -2.34. The molecule has 0 bridgehead atoms. The molecule has 0 saturated heterocycles. The van der Waals surface area contributed by atoms with Gasteiger partial charge in [-0.05, 0) is 75.4 Å². The third kappa shape index (κ3) is 9.90. The number of aromatic hydroxyl groups is 4. The second-order valence-electron chi connectivity index (χ2n) is 12.4. The minimum absolute atomic E-state index is 0.00322. The molecule has 0 aliphatic carbocycles. The maximum atomic E-state index is 10.5. The topological polar surface area (TPSA) is 115 Å². The maximum absolute atomic E-state index is 10.5. The van der Waals surface area contributed by atoms with Crippen molar-refractivity contribution >= 4 is 28.1 Å². The normalized spacial score (nSPS) is 12.8. The summed E-state index contributed by atoms with van der Waals surface area (Å²) in [5, 5.41) is 40.6. The molecule has 0 spiro atoms. The van der Waals surface area contributed by atoms with Crippen LogP contribution in [0.3, 0.4) is 0 Å². The van der Waals surface area contributed by atoms with E-state index in [0.717, 1.165) is 36.1 Å². The van der Waals surface area contributed by atoms with Crippen LogP contribution in [-0.4, -0.2) is 61.6 Å². The van der Waals surface area contributed by atoms with Crippen LogP contribution in [0.15, 0.2) is 107 Å². The van der Waals surface area contributed by atoms with Crippen LogP contribution in [0.1, 0.15) is 35.1 Å². The summed E-state index contributed by atoms with van der Waals surface area (Å²) < 4.78 is 6.89. The lowest BCUT2D eigenvalue weighted by molar-refractivity contribution is 0.449. The summed E-state index contributed by atoms with van der Waals surface area (Å²) in [5.74, 6) is 0.0350. The average Bonchev–Trinajstić information content (AvgIpc) is 2.99. The van der Waals surface area contributed by atoms with Crippen molar-refractivity contribution in [3.8, 4) is 23.0 Å². The van der Waals surface area contributed by atoms with Crippen LogP contribution in [0.5, 0.6) is 23.0 Å². The van der Waals surface area contributed by atoms with Gasteiger partial charge in [0.05, 0.1) is 11.4 Å². The van der Waals surface area contributed by atoms with Crippen LogP contribution < -0.4 is 0 Å². The molecule has 4 aromatic rings. The van der Waals surface area contributed by atoms with Gasteiger partial charge >= 0.3 is 0 Å². The van der Waals surface area contributed by atoms with Crippen molar-refractivity contribution in [2.75, 3.05) is 13.1 Å². The lowest BCUT2D eigenvalue weighted by Crippen LogP contribution is -2.44. The minimum Gasteiger partial charge on any atom is -0.508 e. The third-order valence-corrected chi connectivity index (χ3v) is 15.1. The van der Waals surface area contributed by atoms with Gasteiger partial charge in [-0.2, -0.15) is 0 Å². The Morgan fingerprint density at radius 1 is 0.556 bits per heavy atom. The van der Waals surface area contributed by atoms with E-state index in [1.165, 1.54) is 12.1 Å². The van der Waals surface area contributed by atoms with E-state index < -0.39 is 16.6 Å². The van der Waals surface area contributed by atoms with Crippen LogP contribution in [0.2, 0.25) is 38.3 Å². The molecule has 45 heavy (non-hydrogen) atoms. The monoisotopic (exact) mass is 640 g/mol. The maximum Gasteiger partial charge on any atom is 0.173 e. The Bertz CT molecular complexity index is 1500. The van der Waals surface area contributed by atoms with E-state index in [0.29, 0.717) is 35.6 Å². The van der Waals surface area contributed by atoms with E-state index in [-0.39, 0.29) is 23.0 Å². The first kappa shape index (κ1) is 33.7. The summed E-state index contributed by atoms with van der Waals surface area (Å²) in [6, 6.07) is 30.7. The van der Waals surface area contributed by atoms with Crippen LogP contribution in [0.4, 0.5) is 0 Å². The molecule has 0 aliphatic rings. The number of phenols is 4. The van der Waals surface area contributed by atoms with E-state index in [9.17, 15) is 20.4 Å². The molecule has 0 amide bonds. The standard InChI is InChI=1S/C36H44N2O5Si2/c1-44(2,23-11-21-37-35(27-13-7-5-8-14-27)31-19-17-29(39)25-33(31)41)43-45(3,4)24-12-22-38-36(28-15-9-6-10-16-28)32-20-18-30(40)26-34(32)42/h5-10,13-20,25-26,39-42H,11-12,21-24H2,1-4H3. The first-order valence-electron chi connectivity index (χ1n) is 15.4. The first-order chi connectivity index (χ1) is 21.4. The number of hydrogen-bond acceptors (Lipinski definition) is 7. The fourth-order valence-electron chi connectivity index (χ4n) is 5.54. The van der Waals surface area contributed by atoms with Gasteiger partial charge in [0, 0.05) is 47.5 Å². The highest BCUT2D eigenvalue weighted by Crippen LogP contribution is 2.28. The molecular weight excluding hydrogens is 597 g/mol. The predicted molar refractivity (Wildman–Crippen MR) is 188 cm³/mol. The summed E-state index contributed by atoms with van der Waals surface area (Å²) in [6.07, 6.45) is 1.75. The van der Waals surface area contributed by atoms with E-state index in [1.807, 2.05) is 60.7 Å². The molecule has 4 aromatic carbocycles. The van der Waals surface area contributed by atoms with Crippen LogP contribution in [0.25, 0.3) is 0 Å². The highest BCUT2D eigenvalue weighted by molar-refractivity contribution is 6.84. The molecular formula is C36H44N2O5Si2. The van der Waals surface area contributed by atoms with Gasteiger partial charge in [-0.3, -0.25) is 9.98 Å². The van der Waals surface area contributed by atoms with Gasteiger partial charge in [-0.15, -0.1) is 0 Å². The van der Waals surface area contributed by atoms with Gasteiger partial charge in [0.2, 0.25) is 0 Å². The molecule has 7 nitrogen and oxygen atoms in total. The van der Waals surface area contributed by atoms with Crippen LogP contribution in [0, 0.1) is 0 Å². The van der Waals surface area contributed by atoms with Crippen LogP contribution >= 0.6 is 0 Å². The summed E-state index contributed by atoms with van der Waals surface area (Å²) in [5.41, 5.74) is 4.44. The smallest absolute Gasteiger partial charge is 0.173 e. The van der Waals surface area contributed by atoms with E-state index >= 15 is 0 Å². The number of rotatable bonds is 14. The lowest BCUT2D eigenvalue weighted by atomic mass is 10.0. The molecule has 0 heterocycles. The van der Waals surface area contributed by atoms with E-state index in [2.05, 4.69) is 26.2 Å². The average molecular weight is 641 g/mol. The Labute approximate surface area is 268 Å². The zero-order chi connectivity index (χ0) is 32.5. The third-order valence-electron chi connectivity index (χ3n) is 7.53. The SMILES string of the molecule is C[Si](C)(CCCN=C(c1ccccc1)c1ccc(O)cc1O)O[Si](C)(C)CCCN=C(c1ccccc1)c1ccc(O)cc1O. The summed E-state index contributed by atoms with van der Waals surface area (Å²) in [4.78, 5) is 9.80. The summed E-state index contributed by atoms with van der Waals surface area (Å²) in [7, 11) is -3.94. The van der Waals surface area contributed by atoms with Crippen molar-refractivity contribution < 1.29 is 24.5 Å². The van der Waals surface area contributed by atoms with E-state index in [4.69, 9.17) is 14.1 Å². The largest absolute Gasteiger partial charge is 0.508 e.